The number of fused-ring (bicyclic) bond motifs is 1. The number of nitrogens with zero attached hydrogens (tertiary/aromatic N) is 1. The number of carboxylic acids is 1. The number of thioether (sulfide) groups is 1. The molecule has 8 atom stereocenters. The highest BCUT2D eigenvalue weighted by Crippen LogP contribution is 2.51. The summed E-state index contributed by atoms with van der Waals surface area (Å²) < 4.78 is 0. The van der Waals surface area contributed by atoms with Crippen molar-refractivity contribution in [2.45, 2.75) is 68.7 Å². The number of aliphatic hydroxyl groups is 2. The Morgan fingerprint density at radius 1 is 1.31 bits per heavy atom. The van der Waals surface area contributed by atoms with Crippen molar-refractivity contribution in [3.05, 3.63) is 10.6 Å². The minimum Gasteiger partial charge on any atom is -0.477 e. The lowest BCUT2D eigenvalue weighted by Gasteiger charge is -2.46. The Morgan fingerprint density at radius 3 is 2.69 bits per heavy atom. The van der Waals surface area contributed by atoms with Gasteiger partial charge in [0.25, 0.3) is 0 Å². The van der Waals surface area contributed by atoms with Gasteiger partial charge in [0, 0.05) is 41.2 Å². The third kappa shape index (κ3) is 4.28. The first kappa shape index (κ1) is 23.5. The molecule has 4 aliphatic heterocycles. The Balaban J connectivity index is 1.36. The van der Waals surface area contributed by atoms with Crippen molar-refractivity contribution >= 4 is 29.5 Å². The van der Waals surface area contributed by atoms with E-state index in [0.717, 1.165) is 19.5 Å². The van der Waals surface area contributed by atoms with Crippen LogP contribution in [0.25, 0.3) is 0 Å². The molecule has 1 unspecified atom stereocenters. The normalized spacial score (nSPS) is 36.1. The zero-order valence-electron chi connectivity index (χ0n) is 18.3. The monoisotopic (exact) mass is 468 g/mol. The van der Waals surface area contributed by atoms with Crippen LogP contribution in [-0.2, 0) is 14.4 Å². The quantitative estimate of drug-likeness (QED) is 0.242. The van der Waals surface area contributed by atoms with Crippen LogP contribution in [0.5, 0.6) is 0 Å². The number of carbonyl (C=O) groups is 3. The van der Waals surface area contributed by atoms with Crippen LogP contribution in [-0.4, -0.2) is 93.2 Å². The third-order valence-corrected chi connectivity index (χ3v) is 8.53. The Labute approximate surface area is 191 Å². The summed E-state index contributed by atoms with van der Waals surface area (Å²) in [5.74, 6) is -2.41. The first-order valence-electron chi connectivity index (χ1n) is 11.3. The van der Waals surface area contributed by atoms with Crippen LogP contribution in [0.2, 0.25) is 0 Å². The fourth-order valence-corrected chi connectivity index (χ4v) is 6.86. The Hall–Kier alpha value is -1.66. The lowest BCUT2D eigenvalue weighted by atomic mass is 9.79. The molecule has 3 saturated heterocycles. The summed E-state index contributed by atoms with van der Waals surface area (Å²) in [6.07, 6.45) is -0.163. The maximum Gasteiger partial charge on any atom is 0.353 e. The van der Waals surface area contributed by atoms with Gasteiger partial charge in [-0.3, -0.25) is 9.59 Å². The van der Waals surface area contributed by atoms with Gasteiger partial charge in [-0.25, -0.2) is 4.79 Å². The van der Waals surface area contributed by atoms with Crippen molar-refractivity contribution in [2.75, 3.05) is 19.6 Å². The Kier molecular flexibility index (Phi) is 6.83. The van der Waals surface area contributed by atoms with Gasteiger partial charge in [0.2, 0.25) is 11.8 Å². The number of aliphatic carboxylic acids is 1. The van der Waals surface area contributed by atoms with E-state index in [9.17, 15) is 29.7 Å². The van der Waals surface area contributed by atoms with E-state index in [2.05, 4.69) is 16.0 Å². The molecule has 0 bridgehead atoms. The van der Waals surface area contributed by atoms with E-state index in [-0.39, 0.29) is 53.2 Å². The molecule has 0 radical (unpaired) electrons. The summed E-state index contributed by atoms with van der Waals surface area (Å²) in [6.45, 7) is 5.66. The van der Waals surface area contributed by atoms with Crippen molar-refractivity contribution in [3.8, 4) is 0 Å². The molecule has 4 rings (SSSR count). The fourth-order valence-electron chi connectivity index (χ4n) is 5.37. The number of nitrogens with one attached hydrogen (secondary N) is 3. The predicted octanol–water partition coefficient (Wildman–Crippen LogP) is -1.17. The van der Waals surface area contributed by atoms with E-state index in [1.807, 2.05) is 6.92 Å². The summed E-state index contributed by atoms with van der Waals surface area (Å²) in [5.41, 5.74) is 0.0166. The molecular weight excluding hydrogens is 436 g/mol. The lowest BCUT2D eigenvalue weighted by Crippen LogP contribution is -2.63. The lowest BCUT2D eigenvalue weighted by molar-refractivity contribution is -0.163. The number of hydrogen-bond acceptors (Lipinski definition) is 8. The minimum atomic E-state index is -1.14. The second-order valence-electron chi connectivity index (χ2n) is 9.29. The molecule has 0 spiro atoms. The zero-order chi connectivity index (χ0) is 23.2. The summed E-state index contributed by atoms with van der Waals surface area (Å²) in [4.78, 5) is 38.6. The van der Waals surface area contributed by atoms with Crippen LogP contribution in [0.3, 0.4) is 0 Å². The van der Waals surface area contributed by atoms with Gasteiger partial charge in [0.05, 0.1) is 30.6 Å². The van der Waals surface area contributed by atoms with Gasteiger partial charge in [0.15, 0.2) is 0 Å². The van der Waals surface area contributed by atoms with Gasteiger partial charge in [0.1, 0.15) is 5.70 Å². The van der Waals surface area contributed by atoms with Crippen LogP contribution in [0.4, 0.5) is 0 Å². The first-order chi connectivity index (χ1) is 15.2. The van der Waals surface area contributed by atoms with Gasteiger partial charge in [-0.1, -0.05) is 6.92 Å². The number of rotatable bonds is 8. The smallest absolute Gasteiger partial charge is 0.353 e. The minimum absolute atomic E-state index is 0.0161. The molecule has 4 aliphatic rings. The molecule has 0 aromatic carbocycles. The average molecular weight is 469 g/mol. The SMILES string of the molecule is C[C@@H](O)[C@H]1C(=O)N2C(C(=O)O)=C(S[C@@H]3CN[C@H](C(O)CC(=O)N[C@@H]4CCNC4)C3)[C@H](C)[C@H]12. The van der Waals surface area contributed by atoms with E-state index in [1.54, 1.807) is 6.92 Å². The van der Waals surface area contributed by atoms with Gasteiger partial charge >= 0.3 is 5.97 Å². The number of hydrogen-bond donors (Lipinski definition) is 6. The second kappa shape index (κ2) is 9.30. The molecule has 0 aromatic rings. The molecule has 2 amide bonds. The van der Waals surface area contributed by atoms with Crippen LogP contribution in [0, 0.1) is 11.8 Å². The van der Waals surface area contributed by atoms with Gasteiger partial charge in [-0.15, -0.1) is 11.8 Å². The van der Waals surface area contributed by atoms with Gasteiger partial charge < -0.3 is 36.2 Å². The van der Waals surface area contributed by atoms with Crippen molar-refractivity contribution in [1.29, 1.82) is 0 Å². The van der Waals surface area contributed by atoms with Crippen LogP contribution in [0.15, 0.2) is 10.6 Å². The number of carboxylic acid groups (broad SMARTS) is 1. The number of aliphatic hydroxyl groups excluding tert-OH is 2. The first-order valence-corrected chi connectivity index (χ1v) is 12.1. The molecule has 178 valence electrons. The molecular formula is C21H32N4O6S. The third-order valence-electron chi connectivity index (χ3n) is 7.01. The standard InChI is InChI=1S/C21H32N4O6S/c1-9-17-16(10(2)26)20(29)25(17)18(21(30)31)19(9)32-12-5-13(23-8-12)14(27)6-15(28)24-11-3-4-22-7-11/h9-14,16-17,22-23,26-27H,3-8H2,1-2H3,(H,24,28)(H,30,31)/t9-,10-,11-,12+,13+,14?,16-,17-/m1/s1. The van der Waals surface area contributed by atoms with Crippen molar-refractivity contribution in [2.24, 2.45) is 11.8 Å². The molecule has 10 nitrogen and oxygen atoms in total. The zero-order valence-corrected chi connectivity index (χ0v) is 19.1. The fraction of sp³-hybridized carbons (Fsp3) is 0.762. The van der Waals surface area contributed by atoms with Crippen LogP contribution < -0.4 is 16.0 Å². The highest BCUT2D eigenvalue weighted by Gasteiger charge is 2.60. The molecule has 0 saturated carbocycles. The summed E-state index contributed by atoms with van der Waals surface area (Å²) in [5, 5.41) is 39.7. The maximum absolute atomic E-state index is 12.5. The molecule has 3 fully saturated rings. The highest BCUT2D eigenvalue weighted by molar-refractivity contribution is 8.03. The van der Waals surface area contributed by atoms with Crippen molar-refractivity contribution in [3.63, 3.8) is 0 Å². The second-order valence-corrected chi connectivity index (χ2v) is 10.6. The highest BCUT2D eigenvalue weighted by atomic mass is 32.2. The Morgan fingerprint density at radius 2 is 2.06 bits per heavy atom. The predicted molar refractivity (Wildman–Crippen MR) is 117 cm³/mol. The van der Waals surface area contributed by atoms with Crippen LogP contribution >= 0.6 is 11.8 Å². The molecule has 0 aromatic heterocycles. The molecule has 6 N–H and O–H groups in total. The van der Waals surface area contributed by atoms with E-state index in [1.165, 1.54) is 16.7 Å². The summed E-state index contributed by atoms with van der Waals surface area (Å²) >= 11 is 1.43. The van der Waals surface area contributed by atoms with Gasteiger partial charge in [-0.2, -0.15) is 0 Å². The van der Waals surface area contributed by atoms with E-state index in [0.29, 0.717) is 17.9 Å². The number of β-lactam (4-membered cyclic amide) rings is 1. The largest absolute Gasteiger partial charge is 0.477 e. The number of carbonyl (C=O) groups excluding carboxylic acids is 2. The van der Waals surface area contributed by atoms with E-state index >= 15 is 0 Å². The topological polar surface area (TPSA) is 151 Å². The van der Waals surface area contributed by atoms with Gasteiger partial charge in [-0.05, 0) is 26.3 Å². The van der Waals surface area contributed by atoms with Crippen molar-refractivity contribution < 1.29 is 29.7 Å². The average Bonchev–Trinajstić information content (AvgIpc) is 3.42. The number of amides is 2. The maximum atomic E-state index is 12.5. The molecule has 0 aliphatic carbocycles. The summed E-state index contributed by atoms with van der Waals surface area (Å²) in [7, 11) is 0. The molecule has 32 heavy (non-hydrogen) atoms. The summed E-state index contributed by atoms with van der Waals surface area (Å²) in [6, 6.07) is -0.478. The van der Waals surface area contributed by atoms with Crippen molar-refractivity contribution in [1.82, 2.24) is 20.9 Å². The van der Waals surface area contributed by atoms with Crippen LogP contribution in [0.1, 0.15) is 33.1 Å². The van der Waals surface area contributed by atoms with E-state index < -0.39 is 24.1 Å². The molecule has 11 heteroatoms. The molecule has 4 heterocycles. The van der Waals surface area contributed by atoms with E-state index in [4.69, 9.17) is 0 Å². The Bertz CT molecular complexity index is 814.